The number of carbonyl (C=O) groups is 1. The fourth-order valence-electron chi connectivity index (χ4n) is 2.42. The molecule has 1 fully saturated rings. The summed E-state index contributed by atoms with van der Waals surface area (Å²) in [5, 5.41) is 0. The number of benzene rings is 1. The molecule has 2 rings (SSSR count). The lowest BCUT2D eigenvalue weighted by atomic mass is 10.2. The standard InChI is InChI=1S/C14H17F3N2O/c1-2-19(13(20)14(15,16)17)12-7-5-11(6-8-12)18-9-3-4-10-18/h5-8H,2-4,9-10H2,1H3. The lowest BCUT2D eigenvalue weighted by molar-refractivity contribution is -0.170. The lowest BCUT2D eigenvalue weighted by Gasteiger charge is -2.23. The molecule has 0 saturated carbocycles. The molecule has 0 radical (unpaired) electrons. The molecule has 1 aliphatic heterocycles. The molecule has 1 saturated heterocycles. The van der Waals surface area contributed by atoms with Crippen LogP contribution >= 0.6 is 0 Å². The highest BCUT2D eigenvalue weighted by molar-refractivity contribution is 5.97. The van der Waals surface area contributed by atoms with Crippen molar-refractivity contribution in [3.05, 3.63) is 24.3 Å². The summed E-state index contributed by atoms with van der Waals surface area (Å²) in [5.74, 6) is -1.83. The van der Waals surface area contributed by atoms with Crippen LogP contribution in [0.3, 0.4) is 0 Å². The van der Waals surface area contributed by atoms with Gasteiger partial charge in [-0.25, -0.2) is 0 Å². The number of carbonyl (C=O) groups excluding carboxylic acids is 1. The number of halogens is 3. The van der Waals surface area contributed by atoms with E-state index in [9.17, 15) is 18.0 Å². The summed E-state index contributed by atoms with van der Waals surface area (Å²) < 4.78 is 37.5. The maximum atomic E-state index is 12.5. The SMILES string of the molecule is CCN(C(=O)C(F)(F)F)c1ccc(N2CCCC2)cc1. The van der Waals surface area contributed by atoms with E-state index in [1.807, 2.05) is 0 Å². The Morgan fingerprint density at radius 2 is 1.75 bits per heavy atom. The Kier molecular flexibility index (Phi) is 4.20. The molecular weight excluding hydrogens is 269 g/mol. The molecule has 1 aromatic rings. The largest absolute Gasteiger partial charge is 0.471 e. The van der Waals surface area contributed by atoms with Gasteiger partial charge < -0.3 is 9.80 Å². The Balaban J connectivity index is 2.17. The van der Waals surface area contributed by atoms with Crippen LogP contribution in [0, 0.1) is 0 Å². The molecule has 1 heterocycles. The van der Waals surface area contributed by atoms with Gasteiger partial charge in [0.2, 0.25) is 0 Å². The predicted octanol–water partition coefficient (Wildman–Crippen LogP) is 3.20. The zero-order chi connectivity index (χ0) is 14.8. The first kappa shape index (κ1) is 14.7. The van der Waals surface area contributed by atoms with Crippen molar-refractivity contribution in [3.63, 3.8) is 0 Å². The van der Waals surface area contributed by atoms with Crippen molar-refractivity contribution in [1.29, 1.82) is 0 Å². The van der Waals surface area contributed by atoms with Gasteiger partial charge in [-0.1, -0.05) is 0 Å². The maximum absolute atomic E-state index is 12.5. The van der Waals surface area contributed by atoms with Crippen LogP contribution in [-0.2, 0) is 4.79 Å². The molecule has 0 bridgehead atoms. The van der Waals surface area contributed by atoms with Gasteiger partial charge in [0.15, 0.2) is 0 Å². The van der Waals surface area contributed by atoms with E-state index in [-0.39, 0.29) is 12.2 Å². The Morgan fingerprint density at radius 3 is 2.20 bits per heavy atom. The minimum Gasteiger partial charge on any atom is -0.372 e. The number of nitrogens with zero attached hydrogens (tertiary/aromatic N) is 2. The lowest BCUT2D eigenvalue weighted by Crippen LogP contribution is -2.41. The first-order valence-electron chi connectivity index (χ1n) is 6.67. The number of hydrogen-bond donors (Lipinski definition) is 0. The highest BCUT2D eigenvalue weighted by Crippen LogP contribution is 2.27. The van der Waals surface area contributed by atoms with E-state index in [0.717, 1.165) is 36.5 Å². The highest BCUT2D eigenvalue weighted by Gasteiger charge is 2.42. The first-order valence-corrected chi connectivity index (χ1v) is 6.67. The second-order valence-electron chi connectivity index (χ2n) is 4.76. The molecule has 1 amide bonds. The smallest absolute Gasteiger partial charge is 0.372 e. The van der Waals surface area contributed by atoms with Crippen molar-refractivity contribution in [2.45, 2.75) is 25.9 Å². The quantitative estimate of drug-likeness (QED) is 0.852. The van der Waals surface area contributed by atoms with Crippen molar-refractivity contribution in [2.75, 3.05) is 29.4 Å². The van der Waals surface area contributed by atoms with Gasteiger partial charge >= 0.3 is 12.1 Å². The average Bonchev–Trinajstić information content (AvgIpc) is 2.93. The fourth-order valence-corrected chi connectivity index (χ4v) is 2.42. The third kappa shape index (κ3) is 3.05. The predicted molar refractivity (Wildman–Crippen MR) is 72.0 cm³/mol. The van der Waals surface area contributed by atoms with E-state index in [1.54, 1.807) is 24.3 Å². The molecule has 0 aliphatic carbocycles. The van der Waals surface area contributed by atoms with Gasteiger partial charge in [-0.15, -0.1) is 0 Å². The van der Waals surface area contributed by atoms with Crippen molar-refractivity contribution in [1.82, 2.24) is 0 Å². The summed E-state index contributed by atoms with van der Waals surface area (Å²) in [4.78, 5) is 14.3. The Bertz CT molecular complexity index is 464. The van der Waals surface area contributed by atoms with Crippen molar-refractivity contribution >= 4 is 17.3 Å². The molecule has 6 heteroatoms. The number of alkyl halides is 3. The molecule has 0 atom stereocenters. The molecule has 0 aromatic heterocycles. The number of amides is 1. The number of anilines is 2. The van der Waals surface area contributed by atoms with Crippen LogP contribution in [0.25, 0.3) is 0 Å². The fraction of sp³-hybridized carbons (Fsp3) is 0.500. The summed E-state index contributed by atoms with van der Waals surface area (Å²) in [6.07, 6.45) is -2.57. The van der Waals surface area contributed by atoms with Crippen molar-refractivity contribution in [2.24, 2.45) is 0 Å². The van der Waals surface area contributed by atoms with Gasteiger partial charge in [-0.3, -0.25) is 4.79 Å². The van der Waals surface area contributed by atoms with E-state index in [1.165, 1.54) is 6.92 Å². The van der Waals surface area contributed by atoms with Crippen LogP contribution in [0.5, 0.6) is 0 Å². The van der Waals surface area contributed by atoms with E-state index in [0.29, 0.717) is 0 Å². The molecule has 110 valence electrons. The monoisotopic (exact) mass is 286 g/mol. The van der Waals surface area contributed by atoms with Crippen molar-refractivity contribution < 1.29 is 18.0 Å². The molecule has 1 aliphatic rings. The Morgan fingerprint density at radius 1 is 1.20 bits per heavy atom. The van der Waals surface area contributed by atoms with Gasteiger partial charge in [-0.05, 0) is 44.0 Å². The molecule has 0 N–H and O–H groups in total. The van der Waals surface area contributed by atoms with Crippen LogP contribution in [0.1, 0.15) is 19.8 Å². The highest BCUT2D eigenvalue weighted by atomic mass is 19.4. The summed E-state index contributed by atoms with van der Waals surface area (Å²) in [6.45, 7) is 3.45. The topological polar surface area (TPSA) is 23.6 Å². The van der Waals surface area contributed by atoms with Crippen LogP contribution in [0.15, 0.2) is 24.3 Å². The van der Waals surface area contributed by atoms with Crippen LogP contribution in [-0.4, -0.2) is 31.7 Å². The average molecular weight is 286 g/mol. The van der Waals surface area contributed by atoms with Crippen LogP contribution < -0.4 is 9.80 Å². The maximum Gasteiger partial charge on any atom is 0.471 e. The second-order valence-corrected chi connectivity index (χ2v) is 4.76. The third-order valence-electron chi connectivity index (χ3n) is 3.44. The zero-order valence-electron chi connectivity index (χ0n) is 11.3. The van der Waals surface area contributed by atoms with E-state index in [4.69, 9.17) is 0 Å². The van der Waals surface area contributed by atoms with Crippen LogP contribution in [0.2, 0.25) is 0 Å². The Hall–Kier alpha value is -1.72. The number of hydrogen-bond acceptors (Lipinski definition) is 2. The molecular formula is C14H17F3N2O. The number of rotatable bonds is 3. The third-order valence-corrected chi connectivity index (χ3v) is 3.44. The summed E-state index contributed by atoms with van der Waals surface area (Å²) in [7, 11) is 0. The molecule has 0 unspecified atom stereocenters. The minimum absolute atomic E-state index is 0.0125. The van der Waals surface area contributed by atoms with Crippen molar-refractivity contribution in [3.8, 4) is 0 Å². The summed E-state index contributed by atoms with van der Waals surface area (Å²) >= 11 is 0. The van der Waals surface area contributed by atoms with Crippen LogP contribution in [0.4, 0.5) is 24.5 Å². The summed E-state index contributed by atoms with van der Waals surface area (Å²) in [5.41, 5.74) is 1.26. The molecule has 1 aromatic carbocycles. The van der Waals surface area contributed by atoms with Gasteiger partial charge in [0.25, 0.3) is 0 Å². The minimum atomic E-state index is -4.84. The molecule has 3 nitrogen and oxygen atoms in total. The Labute approximate surface area is 116 Å². The molecule has 20 heavy (non-hydrogen) atoms. The second kappa shape index (κ2) is 5.73. The van der Waals surface area contributed by atoms with E-state index < -0.39 is 12.1 Å². The van der Waals surface area contributed by atoms with Gasteiger partial charge in [0.05, 0.1) is 0 Å². The zero-order valence-corrected chi connectivity index (χ0v) is 11.3. The molecule has 0 spiro atoms. The normalized spacial score (nSPS) is 15.5. The van der Waals surface area contributed by atoms with Gasteiger partial charge in [0.1, 0.15) is 0 Å². The van der Waals surface area contributed by atoms with Gasteiger partial charge in [0, 0.05) is 31.0 Å². The van der Waals surface area contributed by atoms with Gasteiger partial charge in [-0.2, -0.15) is 13.2 Å². The van der Waals surface area contributed by atoms with E-state index >= 15 is 0 Å². The first-order chi connectivity index (χ1) is 9.43. The van der Waals surface area contributed by atoms with E-state index in [2.05, 4.69) is 4.90 Å². The summed E-state index contributed by atoms with van der Waals surface area (Å²) in [6, 6.07) is 6.68.